The standard InChI is InChI=1S/C47H34N2/c1-3-5-13-32(4-2)36-17-12-18-39(28-36)46-31-45(48-47(49-46)40-27-22-33-14-6-7-15-37(33)29-40)35-25-23-34(24-26-35)44-30-38-16-8-9-19-41(38)42-20-10-11-21-43(42)44/h3-31H,1H2,2H3/b13-5-,32-4+. The van der Waals surface area contributed by atoms with Crippen molar-refractivity contribution in [2.75, 3.05) is 0 Å². The molecule has 0 radical (unpaired) electrons. The molecule has 0 unspecified atom stereocenters. The van der Waals surface area contributed by atoms with Gasteiger partial charge in [-0.2, -0.15) is 0 Å². The smallest absolute Gasteiger partial charge is 0.160 e. The number of hydrogen-bond acceptors (Lipinski definition) is 2. The molecule has 0 atom stereocenters. The molecule has 0 spiro atoms. The number of fused-ring (bicyclic) bond motifs is 4. The highest BCUT2D eigenvalue weighted by molar-refractivity contribution is 6.13. The molecule has 1 heterocycles. The van der Waals surface area contributed by atoms with Crippen LogP contribution in [0.1, 0.15) is 12.5 Å². The highest BCUT2D eigenvalue weighted by Gasteiger charge is 2.14. The van der Waals surface area contributed by atoms with E-state index >= 15 is 0 Å². The highest BCUT2D eigenvalue weighted by atomic mass is 14.9. The predicted molar refractivity (Wildman–Crippen MR) is 209 cm³/mol. The van der Waals surface area contributed by atoms with Crippen molar-refractivity contribution in [1.82, 2.24) is 9.97 Å². The third-order valence-electron chi connectivity index (χ3n) is 9.21. The average Bonchev–Trinajstić information content (AvgIpc) is 3.17. The van der Waals surface area contributed by atoms with Crippen molar-refractivity contribution >= 4 is 37.9 Å². The first-order valence-corrected chi connectivity index (χ1v) is 16.6. The largest absolute Gasteiger partial charge is 0.228 e. The van der Waals surface area contributed by atoms with Crippen LogP contribution in [-0.2, 0) is 0 Å². The van der Waals surface area contributed by atoms with Gasteiger partial charge < -0.3 is 0 Å². The Morgan fingerprint density at radius 1 is 0.510 bits per heavy atom. The number of allylic oxidation sites excluding steroid dienone is 5. The zero-order valence-electron chi connectivity index (χ0n) is 27.3. The van der Waals surface area contributed by atoms with E-state index in [1.165, 1.54) is 38.1 Å². The Morgan fingerprint density at radius 3 is 1.94 bits per heavy atom. The van der Waals surface area contributed by atoms with Crippen LogP contribution in [0.15, 0.2) is 183 Å². The maximum absolute atomic E-state index is 5.17. The molecular formula is C47H34N2. The Balaban J connectivity index is 1.26. The van der Waals surface area contributed by atoms with Crippen molar-refractivity contribution < 1.29 is 0 Å². The summed E-state index contributed by atoms with van der Waals surface area (Å²) < 4.78 is 0. The molecule has 0 aliphatic heterocycles. The first-order valence-electron chi connectivity index (χ1n) is 16.6. The monoisotopic (exact) mass is 626 g/mol. The van der Waals surface area contributed by atoms with Gasteiger partial charge in [-0.25, -0.2) is 9.97 Å². The molecule has 2 nitrogen and oxygen atoms in total. The van der Waals surface area contributed by atoms with Crippen molar-refractivity contribution in [1.29, 1.82) is 0 Å². The molecular weight excluding hydrogens is 593 g/mol. The zero-order chi connectivity index (χ0) is 33.2. The Kier molecular flexibility index (Phi) is 7.97. The molecule has 0 aliphatic rings. The summed E-state index contributed by atoms with van der Waals surface area (Å²) in [6.07, 6.45) is 7.96. The molecule has 0 N–H and O–H groups in total. The topological polar surface area (TPSA) is 25.8 Å². The molecule has 0 saturated heterocycles. The SMILES string of the molecule is C=C/C=C\C(=C/C)c1cccc(-c2cc(-c3ccc(-c4cc5ccccc5c5ccccc45)cc3)nc(-c3ccc4ccccc4c3)n2)c1. The third-order valence-corrected chi connectivity index (χ3v) is 9.21. The fourth-order valence-electron chi connectivity index (χ4n) is 6.70. The lowest BCUT2D eigenvalue weighted by Crippen LogP contribution is -1.96. The van der Waals surface area contributed by atoms with Gasteiger partial charge in [0.15, 0.2) is 5.82 Å². The van der Waals surface area contributed by atoms with E-state index in [0.29, 0.717) is 5.82 Å². The molecule has 7 aromatic carbocycles. The quantitative estimate of drug-likeness (QED) is 0.130. The summed E-state index contributed by atoms with van der Waals surface area (Å²) in [6, 6.07) is 53.9. The van der Waals surface area contributed by atoms with Crippen LogP contribution in [0.25, 0.3) is 82.9 Å². The van der Waals surface area contributed by atoms with Gasteiger partial charge in [-0.05, 0) is 85.8 Å². The predicted octanol–water partition coefficient (Wildman–Crippen LogP) is 12.7. The van der Waals surface area contributed by atoms with Crippen LogP contribution in [-0.4, -0.2) is 9.97 Å². The fourth-order valence-corrected chi connectivity index (χ4v) is 6.70. The van der Waals surface area contributed by atoms with E-state index in [2.05, 4.69) is 177 Å². The maximum atomic E-state index is 5.17. The number of aromatic nitrogens is 2. The normalized spacial score (nSPS) is 11.9. The number of nitrogens with zero attached hydrogens (tertiary/aromatic N) is 2. The second kappa shape index (κ2) is 13.0. The minimum atomic E-state index is 0.700. The highest BCUT2D eigenvalue weighted by Crippen LogP contribution is 2.36. The number of hydrogen-bond donors (Lipinski definition) is 0. The molecule has 0 amide bonds. The van der Waals surface area contributed by atoms with Gasteiger partial charge in [0.2, 0.25) is 0 Å². The van der Waals surface area contributed by atoms with Gasteiger partial charge in [-0.1, -0.05) is 158 Å². The number of rotatable bonds is 7. The van der Waals surface area contributed by atoms with Crippen LogP contribution in [0, 0.1) is 0 Å². The molecule has 232 valence electrons. The summed E-state index contributed by atoms with van der Waals surface area (Å²) in [5.74, 6) is 0.700. The lowest BCUT2D eigenvalue weighted by molar-refractivity contribution is 1.18. The van der Waals surface area contributed by atoms with Crippen molar-refractivity contribution in [3.8, 4) is 45.0 Å². The van der Waals surface area contributed by atoms with Gasteiger partial charge in [0, 0.05) is 16.7 Å². The molecule has 8 rings (SSSR count). The Hall–Kier alpha value is -6.38. The zero-order valence-corrected chi connectivity index (χ0v) is 27.3. The molecule has 0 aliphatic carbocycles. The summed E-state index contributed by atoms with van der Waals surface area (Å²) >= 11 is 0. The van der Waals surface area contributed by atoms with E-state index < -0.39 is 0 Å². The summed E-state index contributed by atoms with van der Waals surface area (Å²) in [5.41, 5.74) is 9.47. The van der Waals surface area contributed by atoms with Crippen LogP contribution in [0.4, 0.5) is 0 Å². The van der Waals surface area contributed by atoms with Crippen molar-refractivity contribution in [2.24, 2.45) is 0 Å². The molecule has 0 bridgehead atoms. The summed E-state index contributed by atoms with van der Waals surface area (Å²) in [5, 5.41) is 7.39. The average molecular weight is 627 g/mol. The van der Waals surface area contributed by atoms with E-state index in [9.17, 15) is 0 Å². The van der Waals surface area contributed by atoms with Gasteiger partial charge >= 0.3 is 0 Å². The molecule has 0 saturated carbocycles. The molecule has 49 heavy (non-hydrogen) atoms. The van der Waals surface area contributed by atoms with Gasteiger partial charge in [0.05, 0.1) is 11.4 Å². The first kappa shape index (κ1) is 30.0. The summed E-state index contributed by atoms with van der Waals surface area (Å²) in [6.45, 7) is 5.89. The molecule has 0 fully saturated rings. The van der Waals surface area contributed by atoms with Gasteiger partial charge in [0.1, 0.15) is 0 Å². The summed E-state index contributed by atoms with van der Waals surface area (Å²) in [4.78, 5) is 10.3. The van der Waals surface area contributed by atoms with Gasteiger partial charge in [-0.15, -0.1) is 0 Å². The van der Waals surface area contributed by atoms with Crippen molar-refractivity contribution in [2.45, 2.75) is 6.92 Å². The minimum Gasteiger partial charge on any atom is -0.228 e. The lowest BCUT2D eigenvalue weighted by atomic mass is 9.92. The van der Waals surface area contributed by atoms with Crippen LogP contribution < -0.4 is 0 Å². The van der Waals surface area contributed by atoms with Gasteiger partial charge in [-0.3, -0.25) is 0 Å². The molecule has 1 aromatic heterocycles. The van der Waals surface area contributed by atoms with E-state index in [1.807, 2.05) is 6.08 Å². The Labute approximate surface area is 287 Å². The van der Waals surface area contributed by atoms with Crippen LogP contribution >= 0.6 is 0 Å². The minimum absolute atomic E-state index is 0.700. The third kappa shape index (κ3) is 5.86. The van der Waals surface area contributed by atoms with E-state index in [0.717, 1.165) is 44.6 Å². The second-order valence-electron chi connectivity index (χ2n) is 12.2. The van der Waals surface area contributed by atoms with E-state index in [4.69, 9.17) is 9.97 Å². The van der Waals surface area contributed by atoms with E-state index in [1.54, 1.807) is 6.08 Å². The van der Waals surface area contributed by atoms with Crippen molar-refractivity contribution in [3.63, 3.8) is 0 Å². The van der Waals surface area contributed by atoms with Crippen molar-refractivity contribution in [3.05, 3.63) is 188 Å². The Morgan fingerprint density at radius 2 is 1.16 bits per heavy atom. The second-order valence-corrected chi connectivity index (χ2v) is 12.2. The molecule has 8 aromatic rings. The fraction of sp³-hybridized carbons (Fsp3) is 0.0213. The van der Waals surface area contributed by atoms with Crippen LogP contribution in [0.3, 0.4) is 0 Å². The maximum Gasteiger partial charge on any atom is 0.160 e. The van der Waals surface area contributed by atoms with E-state index in [-0.39, 0.29) is 0 Å². The van der Waals surface area contributed by atoms with Gasteiger partial charge in [0.25, 0.3) is 0 Å². The van der Waals surface area contributed by atoms with Crippen LogP contribution in [0.2, 0.25) is 0 Å². The lowest BCUT2D eigenvalue weighted by Gasteiger charge is -2.13. The van der Waals surface area contributed by atoms with Crippen LogP contribution in [0.5, 0.6) is 0 Å². The first-order chi connectivity index (χ1) is 24.2. The number of benzene rings is 7. The Bertz CT molecular complexity index is 2570. The molecule has 2 heteroatoms. The summed E-state index contributed by atoms with van der Waals surface area (Å²) in [7, 11) is 0.